The van der Waals surface area contributed by atoms with Gasteiger partial charge in [0.25, 0.3) is 0 Å². The highest BCUT2D eigenvalue weighted by Gasteiger charge is 2.25. The second-order valence-corrected chi connectivity index (χ2v) is 8.67. The minimum atomic E-state index is -0.435. The molecule has 4 rings (SSSR count). The number of phenols is 2. The Morgan fingerprint density at radius 1 is 0.575 bits per heavy atom. The largest absolute Gasteiger partial charge is 0.507 e. The summed E-state index contributed by atoms with van der Waals surface area (Å²) in [6, 6.07) is 20.1. The molecule has 0 aromatic heterocycles. The molecule has 0 spiro atoms. The molecule has 0 fully saturated rings. The third kappa shape index (κ3) is 5.42. The monoisotopic (exact) mass is 542 g/mol. The molecule has 0 unspecified atom stereocenters. The van der Waals surface area contributed by atoms with E-state index < -0.39 is 11.9 Å². The predicted molar refractivity (Wildman–Crippen MR) is 151 cm³/mol. The van der Waals surface area contributed by atoms with Crippen LogP contribution in [0.3, 0.4) is 0 Å². The molecule has 40 heavy (non-hydrogen) atoms. The highest BCUT2D eigenvalue weighted by molar-refractivity contribution is 5.96. The number of rotatable bonds is 9. The van der Waals surface area contributed by atoms with Gasteiger partial charge >= 0.3 is 11.9 Å². The van der Waals surface area contributed by atoms with Crippen molar-refractivity contribution in [2.45, 2.75) is 13.8 Å². The van der Waals surface area contributed by atoms with Crippen LogP contribution in [0.15, 0.2) is 72.8 Å². The van der Waals surface area contributed by atoms with Crippen molar-refractivity contribution in [2.24, 2.45) is 0 Å². The molecule has 0 saturated carbocycles. The molecule has 0 atom stereocenters. The normalized spacial score (nSPS) is 10.6. The minimum Gasteiger partial charge on any atom is -0.507 e. The lowest BCUT2D eigenvalue weighted by molar-refractivity contribution is 0.0517. The number of aromatic hydroxyl groups is 2. The number of ether oxygens (including phenoxy) is 4. The molecule has 0 aliphatic rings. The molecule has 4 aromatic rings. The summed E-state index contributed by atoms with van der Waals surface area (Å²) in [5, 5.41) is 23.1. The summed E-state index contributed by atoms with van der Waals surface area (Å²) < 4.78 is 21.3. The molecule has 0 radical (unpaired) electrons. The Labute approximate surface area is 232 Å². The molecule has 206 valence electrons. The quantitative estimate of drug-likeness (QED) is 0.232. The molecular formula is C32H30O8. The summed E-state index contributed by atoms with van der Waals surface area (Å²) in [6.07, 6.45) is 0. The minimum absolute atomic E-state index is 0.147. The summed E-state index contributed by atoms with van der Waals surface area (Å²) in [5.74, 6) is -0.537. The average molecular weight is 543 g/mol. The summed E-state index contributed by atoms with van der Waals surface area (Å²) in [7, 11) is 2.93. The van der Waals surface area contributed by atoms with Crippen LogP contribution in [0.4, 0.5) is 0 Å². The maximum Gasteiger partial charge on any atom is 0.338 e. The summed E-state index contributed by atoms with van der Waals surface area (Å²) in [6.45, 7) is 4.01. The van der Waals surface area contributed by atoms with E-state index in [9.17, 15) is 19.8 Å². The number of hydrogen-bond donors (Lipinski definition) is 2. The lowest BCUT2D eigenvalue weighted by Crippen LogP contribution is -2.04. The van der Waals surface area contributed by atoms with Crippen molar-refractivity contribution < 1.29 is 38.7 Å². The van der Waals surface area contributed by atoms with Crippen LogP contribution in [0.1, 0.15) is 34.6 Å². The molecule has 0 heterocycles. The van der Waals surface area contributed by atoms with E-state index >= 15 is 0 Å². The first-order valence-corrected chi connectivity index (χ1v) is 12.7. The Balaban J connectivity index is 1.84. The molecule has 0 aliphatic heterocycles. The lowest BCUT2D eigenvalue weighted by Gasteiger charge is -2.19. The Hall–Kier alpha value is -4.98. The van der Waals surface area contributed by atoms with Crippen molar-refractivity contribution in [2.75, 3.05) is 27.4 Å². The van der Waals surface area contributed by atoms with Gasteiger partial charge in [-0.1, -0.05) is 24.3 Å². The van der Waals surface area contributed by atoms with Gasteiger partial charge in [0, 0.05) is 11.1 Å². The summed E-state index contributed by atoms with van der Waals surface area (Å²) >= 11 is 0. The zero-order valence-corrected chi connectivity index (χ0v) is 22.7. The number of esters is 2. The van der Waals surface area contributed by atoms with Crippen LogP contribution in [-0.2, 0) is 9.47 Å². The lowest BCUT2D eigenvalue weighted by atomic mass is 9.92. The first kappa shape index (κ1) is 28.0. The Morgan fingerprint density at radius 2 is 0.925 bits per heavy atom. The zero-order chi connectivity index (χ0) is 28.8. The Morgan fingerprint density at radius 3 is 1.23 bits per heavy atom. The molecule has 8 nitrogen and oxygen atoms in total. The van der Waals surface area contributed by atoms with Gasteiger partial charge in [-0.15, -0.1) is 0 Å². The number of methoxy groups -OCH3 is 2. The summed E-state index contributed by atoms with van der Waals surface area (Å²) in [5.41, 5.74) is 3.42. The van der Waals surface area contributed by atoms with Crippen LogP contribution in [-0.4, -0.2) is 49.6 Å². The average Bonchev–Trinajstić information content (AvgIpc) is 2.97. The van der Waals surface area contributed by atoms with Crippen LogP contribution in [0, 0.1) is 0 Å². The first-order chi connectivity index (χ1) is 19.3. The van der Waals surface area contributed by atoms with E-state index in [4.69, 9.17) is 18.9 Å². The van der Waals surface area contributed by atoms with Gasteiger partial charge in [-0.3, -0.25) is 0 Å². The van der Waals surface area contributed by atoms with Gasteiger partial charge in [0.1, 0.15) is 23.0 Å². The molecule has 8 heteroatoms. The van der Waals surface area contributed by atoms with Crippen LogP contribution in [0.5, 0.6) is 23.0 Å². The van der Waals surface area contributed by atoms with Crippen molar-refractivity contribution in [3.63, 3.8) is 0 Å². The molecular weight excluding hydrogens is 512 g/mol. The van der Waals surface area contributed by atoms with Gasteiger partial charge in [-0.25, -0.2) is 9.59 Å². The van der Waals surface area contributed by atoms with Crippen molar-refractivity contribution >= 4 is 11.9 Å². The fourth-order valence-corrected chi connectivity index (χ4v) is 4.44. The number of carbonyl (C=O) groups excluding carboxylic acids is 2. The van der Waals surface area contributed by atoms with Gasteiger partial charge in [-0.05, 0) is 73.5 Å². The van der Waals surface area contributed by atoms with Crippen LogP contribution >= 0.6 is 0 Å². The van der Waals surface area contributed by atoms with Gasteiger partial charge < -0.3 is 29.2 Å². The van der Waals surface area contributed by atoms with Crippen molar-refractivity contribution in [1.82, 2.24) is 0 Å². The van der Waals surface area contributed by atoms with Gasteiger partial charge in [-0.2, -0.15) is 0 Å². The fraction of sp³-hybridized carbons (Fsp3) is 0.188. The maximum atomic E-state index is 12.1. The van der Waals surface area contributed by atoms with Crippen LogP contribution in [0.2, 0.25) is 0 Å². The van der Waals surface area contributed by atoms with Gasteiger partial charge in [0.15, 0.2) is 0 Å². The van der Waals surface area contributed by atoms with E-state index in [0.717, 1.165) is 0 Å². The highest BCUT2D eigenvalue weighted by atomic mass is 16.5. The molecule has 0 saturated heterocycles. The van der Waals surface area contributed by atoms with E-state index in [1.807, 2.05) is 0 Å². The van der Waals surface area contributed by atoms with Crippen LogP contribution in [0.25, 0.3) is 33.4 Å². The zero-order valence-electron chi connectivity index (χ0n) is 22.7. The third-order valence-corrected chi connectivity index (χ3v) is 6.38. The fourth-order valence-electron chi connectivity index (χ4n) is 4.44. The molecule has 0 amide bonds. The topological polar surface area (TPSA) is 112 Å². The van der Waals surface area contributed by atoms with E-state index in [0.29, 0.717) is 44.9 Å². The maximum absolute atomic E-state index is 12.1. The SMILES string of the molecule is CCOC(=O)c1ccc(-c2ccc(OC)c(-c3c(OC)ccc(-c4ccc(C(=O)OCC)cc4)c3O)c2O)cc1. The smallest absolute Gasteiger partial charge is 0.338 e. The van der Waals surface area contributed by atoms with Crippen LogP contribution < -0.4 is 9.47 Å². The Bertz CT molecular complexity index is 1410. The highest BCUT2D eigenvalue weighted by Crippen LogP contribution is 2.52. The third-order valence-electron chi connectivity index (χ3n) is 6.38. The molecule has 2 N–H and O–H groups in total. The van der Waals surface area contributed by atoms with E-state index in [1.54, 1.807) is 86.6 Å². The van der Waals surface area contributed by atoms with Crippen molar-refractivity contribution in [1.29, 1.82) is 0 Å². The van der Waals surface area contributed by atoms with E-state index in [2.05, 4.69) is 0 Å². The number of hydrogen-bond acceptors (Lipinski definition) is 8. The number of carbonyl (C=O) groups is 2. The number of benzene rings is 4. The number of phenolic OH excluding ortho intramolecular Hbond substituents is 2. The standard InChI is InChI=1S/C32H30O8/c1-5-39-31(35)21-11-7-19(8-12-21)23-15-17-25(37-3)27(29(23)33)28-26(38-4)18-16-24(30(28)34)20-9-13-22(14-10-20)32(36)40-6-2/h7-18,33-34H,5-6H2,1-4H3. The predicted octanol–water partition coefficient (Wildman–Crippen LogP) is 6.47. The van der Waals surface area contributed by atoms with E-state index in [1.165, 1.54) is 14.2 Å². The van der Waals surface area contributed by atoms with Gasteiger partial charge in [0.05, 0.1) is 49.7 Å². The van der Waals surface area contributed by atoms with Crippen molar-refractivity contribution in [3.8, 4) is 56.4 Å². The first-order valence-electron chi connectivity index (χ1n) is 12.7. The van der Waals surface area contributed by atoms with E-state index in [-0.39, 0.29) is 35.8 Å². The second-order valence-electron chi connectivity index (χ2n) is 8.67. The molecule has 0 aliphatic carbocycles. The summed E-state index contributed by atoms with van der Waals surface area (Å²) in [4.78, 5) is 24.1. The van der Waals surface area contributed by atoms with Gasteiger partial charge in [0.2, 0.25) is 0 Å². The second kappa shape index (κ2) is 12.3. The molecule has 4 aromatic carbocycles. The van der Waals surface area contributed by atoms with Crippen molar-refractivity contribution in [3.05, 3.63) is 83.9 Å². The molecule has 0 bridgehead atoms. The Kier molecular flexibility index (Phi) is 8.59.